The van der Waals surface area contributed by atoms with Gasteiger partial charge in [-0.3, -0.25) is 57.5 Å². The molecule has 0 unspecified atom stereocenters. The lowest BCUT2D eigenvalue weighted by atomic mass is 10.00. The van der Waals surface area contributed by atoms with Crippen LogP contribution in [0.5, 0.6) is 5.75 Å². The van der Waals surface area contributed by atoms with E-state index < -0.39 is 133 Å². The minimum Gasteiger partial charge on any atom is -0.508 e. The largest absolute Gasteiger partial charge is 0.508 e. The van der Waals surface area contributed by atoms with Crippen molar-refractivity contribution < 1.29 is 78.0 Å². The number of benzene rings is 2. The molecule has 0 aliphatic carbocycles. The highest BCUT2D eigenvalue weighted by Gasteiger charge is 2.34. The van der Waals surface area contributed by atoms with Crippen LogP contribution in [-0.4, -0.2) is 173 Å². The molecule has 478 valence electrons. The first-order valence-corrected chi connectivity index (χ1v) is 29.0. The number of aliphatic hydroxyl groups is 1. The van der Waals surface area contributed by atoms with E-state index in [0.717, 1.165) is 0 Å². The molecule has 10 amide bonds. The van der Waals surface area contributed by atoms with Gasteiger partial charge in [-0.15, -0.1) is 0 Å². The van der Waals surface area contributed by atoms with Gasteiger partial charge in [0.1, 0.15) is 48.0 Å². The quantitative estimate of drug-likeness (QED) is 0.0332. The number of aromatic hydroxyl groups is 1. The number of nitrogens with one attached hydrogen (secondary N) is 10. The van der Waals surface area contributed by atoms with Gasteiger partial charge >= 0.3 is 11.9 Å². The van der Waals surface area contributed by atoms with Gasteiger partial charge in [0, 0.05) is 52.2 Å². The first-order valence-electron chi connectivity index (χ1n) is 29.0. The summed E-state index contributed by atoms with van der Waals surface area (Å²) in [5.74, 6) is -10.4. The van der Waals surface area contributed by atoms with Crippen LogP contribution in [0.2, 0.25) is 0 Å². The molecule has 18 N–H and O–H groups in total. The summed E-state index contributed by atoms with van der Waals surface area (Å²) in [4.78, 5) is 157. The normalized spacial score (nSPS) is 13.8. The van der Waals surface area contributed by atoms with E-state index in [4.69, 9.17) is 11.5 Å². The number of nitrogens with two attached hydrogens (primary N) is 2. The second-order valence-electron chi connectivity index (χ2n) is 21.7. The molecular weight excluding hydrogens is 1120 g/mol. The van der Waals surface area contributed by atoms with Crippen molar-refractivity contribution in [1.82, 2.24) is 53.2 Å². The van der Waals surface area contributed by atoms with Gasteiger partial charge in [0.05, 0.1) is 19.1 Å². The third-order valence-corrected chi connectivity index (χ3v) is 13.3. The van der Waals surface area contributed by atoms with Crippen molar-refractivity contribution >= 4 is 71.0 Å². The molecule has 86 heavy (non-hydrogen) atoms. The van der Waals surface area contributed by atoms with Crippen LogP contribution in [-0.2, 0) is 70.4 Å². The van der Waals surface area contributed by atoms with Gasteiger partial charge in [0.25, 0.3) is 0 Å². The van der Waals surface area contributed by atoms with E-state index in [1.54, 1.807) is 44.2 Å². The molecular formula is C58H90N12O16. The van der Waals surface area contributed by atoms with Crippen LogP contribution in [0.4, 0.5) is 0 Å². The Labute approximate surface area is 501 Å². The predicted molar refractivity (Wildman–Crippen MR) is 315 cm³/mol. The number of carboxylic acid groups (broad SMARTS) is 2. The van der Waals surface area contributed by atoms with Crippen molar-refractivity contribution in [3.8, 4) is 5.75 Å². The van der Waals surface area contributed by atoms with Crippen LogP contribution in [0.15, 0.2) is 54.6 Å². The Kier molecular flexibility index (Phi) is 34.5. The second-order valence-corrected chi connectivity index (χ2v) is 21.7. The molecule has 0 saturated carbocycles. The van der Waals surface area contributed by atoms with Gasteiger partial charge in [0.15, 0.2) is 0 Å². The van der Waals surface area contributed by atoms with Gasteiger partial charge in [-0.25, -0.2) is 0 Å². The lowest BCUT2D eigenvalue weighted by Crippen LogP contribution is -2.60. The number of hydrogen-bond donors (Lipinski definition) is 16. The van der Waals surface area contributed by atoms with Crippen molar-refractivity contribution in [2.24, 2.45) is 23.3 Å². The number of aliphatic hydroxyl groups excluding tert-OH is 1. The van der Waals surface area contributed by atoms with E-state index in [0.29, 0.717) is 36.8 Å². The summed E-state index contributed by atoms with van der Waals surface area (Å²) >= 11 is 0. The topological polar surface area (TPSA) is 458 Å². The third kappa shape index (κ3) is 30.0. The Morgan fingerprint density at radius 3 is 1.55 bits per heavy atom. The second kappa shape index (κ2) is 40.1. The molecule has 2 aromatic carbocycles. The van der Waals surface area contributed by atoms with Crippen molar-refractivity contribution in [3.05, 3.63) is 65.7 Å². The highest BCUT2D eigenvalue weighted by molar-refractivity contribution is 5.97. The number of hydrogen-bond acceptors (Lipinski definition) is 16. The number of unbranched alkanes of at least 4 members (excludes halogenated alkanes) is 3. The first-order chi connectivity index (χ1) is 40.8. The zero-order valence-corrected chi connectivity index (χ0v) is 49.7. The Morgan fingerprint density at radius 1 is 0.465 bits per heavy atom. The number of carbonyl (C=O) groups is 12. The smallest absolute Gasteiger partial charge is 0.305 e. The fourth-order valence-electron chi connectivity index (χ4n) is 8.71. The Bertz CT molecular complexity index is 2540. The summed E-state index contributed by atoms with van der Waals surface area (Å²) in [5, 5.41) is 64.4. The number of phenolic OH excluding ortho intramolecular Hbond substituents is 1. The first kappa shape index (κ1) is 73.9. The van der Waals surface area contributed by atoms with Gasteiger partial charge in [-0.1, -0.05) is 76.6 Å². The number of rotatable bonds is 42. The van der Waals surface area contributed by atoms with Crippen molar-refractivity contribution in [1.29, 1.82) is 0 Å². The molecule has 0 bridgehead atoms. The molecule has 0 saturated heterocycles. The zero-order valence-electron chi connectivity index (χ0n) is 49.7. The standard InChI is InChI=1S/C58H90N12O16/c1-34(2)28-39(60)51(79)66-45(32-50(77)78)57(85)65-41(22-23-49(75)76)52(80)62-26-13-7-10-17-48(74)64-40(16-11-12-25-59)54(82)69-44(30-36-14-8-6-9-15-36)56(84)67-42(29-35(3)4)55(83)70-46(33-71)58(86)68-43(31-37-18-20-38(72)21-19-37)53(81)63-27-24-47(73)61-5/h6,8-9,14-15,18-21,34-35,39-46,71-72H,7,10-13,16-17,22-33,59-60H2,1-5H3,(H,61,73)(H,62,80)(H,63,81)(H,64,74)(H,65,85)(H,66,79)(H,67,84)(H,68,86)(H,69,82)(H,70,83)(H,75,76)(H,77,78)/t39-,40-,41-,42-,43-,44-,45-,46-/m0/s1. The van der Waals surface area contributed by atoms with Gasteiger partial charge in [-0.2, -0.15) is 0 Å². The van der Waals surface area contributed by atoms with E-state index in [9.17, 15) is 78.0 Å². The Balaban J connectivity index is 2.20. The van der Waals surface area contributed by atoms with Crippen molar-refractivity contribution in [2.75, 3.05) is 33.3 Å². The number of phenols is 1. The van der Waals surface area contributed by atoms with Crippen LogP contribution < -0.4 is 64.6 Å². The Morgan fingerprint density at radius 2 is 0.965 bits per heavy atom. The monoisotopic (exact) mass is 1210 g/mol. The molecule has 0 spiro atoms. The Hall–Kier alpha value is -8.24. The average molecular weight is 1210 g/mol. The summed E-state index contributed by atoms with van der Waals surface area (Å²) < 4.78 is 0. The van der Waals surface area contributed by atoms with Crippen molar-refractivity contribution in [2.45, 2.75) is 172 Å². The lowest BCUT2D eigenvalue weighted by molar-refractivity contribution is -0.141. The van der Waals surface area contributed by atoms with Gasteiger partial charge in [-0.05, 0) is 93.0 Å². The summed E-state index contributed by atoms with van der Waals surface area (Å²) in [6.45, 7) is 6.51. The fraction of sp³-hybridized carbons (Fsp3) is 0.586. The molecule has 2 aromatic rings. The lowest BCUT2D eigenvalue weighted by Gasteiger charge is -2.27. The van der Waals surface area contributed by atoms with Crippen molar-refractivity contribution in [3.63, 3.8) is 0 Å². The molecule has 28 heteroatoms. The van der Waals surface area contributed by atoms with E-state index >= 15 is 0 Å². The molecule has 0 fully saturated rings. The minimum absolute atomic E-state index is 0.00983. The molecule has 0 aliphatic heterocycles. The van der Waals surface area contributed by atoms with E-state index in [-0.39, 0.29) is 101 Å². The molecule has 0 aliphatic rings. The summed E-state index contributed by atoms with van der Waals surface area (Å²) in [6, 6.07) is 3.73. The molecule has 0 heterocycles. The van der Waals surface area contributed by atoms with E-state index in [2.05, 4.69) is 53.2 Å². The SMILES string of the molecule is CNC(=O)CCNC(=O)[C@H](Cc1ccc(O)cc1)NC(=O)[C@H](CO)NC(=O)[C@H](CC(C)C)NC(=O)[C@H](Cc1ccccc1)NC(=O)[C@H](CCCCN)NC(=O)CCCCCNC(=O)[C@H](CCC(=O)O)NC(=O)[C@H](CC(=O)O)NC(=O)[C@@H](N)CC(C)C. The van der Waals surface area contributed by atoms with Crippen LogP contribution >= 0.6 is 0 Å². The van der Waals surface area contributed by atoms with Gasteiger partial charge in [0.2, 0.25) is 59.1 Å². The maximum Gasteiger partial charge on any atom is 0.305 e. The number of carboxylic acids is 2. The van der Waals surface area contributed by atoms with Crippen LogP contribution in [0.1, 0.15) is 122 Å². The highest BCUT2D eigenvalue weighted by atomic mass is 16.4. The minimum atomic E-state index is -1.62. The van der Waals surface area contributed by atoms with E-state index in [1.165, 1.54) is 31.3 Å². The van der Waals surface area contributed by atoms with Gasteiger partial charge < -0.3 is 85.1 Å². The maximum absolute atomic E-state index is 14.4. The zero-order chi connectivity index (χ0) is 64.3. The molecule has 2 rings (SSSR count). The highest BCUT2D eigenvalue weighted by Crippen LogP contribution is 2.14. The fourth-order valence-corrected chi connectivity index (χ4v) is 8.71. The summed E-state index contributed by atoms with van der Waals surface area (Å²) in [5.41, 5.74) is 12.8. The molecule has 0 radical (unpaired) electrons. The summed E-state index contributed by atoms with van der Waals surface area (Å²) in [7, 11) is 1.43. The average Bonchev–Trinajstić information content (AvgIpc) is 3.45. The molecule has 0 aromatic heterocycles. The molecule has 28 nitrogen and oxygen atoms in total. The number of carbonyl (C=O) groups excluding carboxylic acids is 10. The van der Waals surface area contributed by atoms with Crippen LogP contribution in [0, 0.1) is 11.8 Å². The number of aliphatic carboxylic acids is 2. The summed E-state index contributed by atoms with van der Waals surface area (Å²) in [6.07, 6.45) is 0.268. The molecule has 8 atom stereocenters. The third-order valence-electron chi connectivity index (χ3n) is 13.3. The van der Waals surface area contributed by atoms with Crippen LogP contribution in [0.3, 0.4) is 0 Å². The van der Waals surface area contributed by atoms with Crippen LogP contribution in [0.25, 0.3) is 0 Å². The predicted octanol–water partition coefficient (Wildman–Crippen LogP) is -1.62. The van der Waals surface area contributed by atoms with E-state index in [1.807, 2.05) is 13.8 Å². The number of amides is 10. The maximum atomic E-state index is 14.4.